The number of benzene rings is 2. The number of rotatable bonds is 1. The first-order chi connectivity index (χ1) is 8.25. The fraction of sp³-hybridized carbons (Fsp3) is 0. The van der Waals surface area contributed by atoms with Crippen molar-refractivity contribution in [2.75, 3.05) is 11.5 Å². The molecule has 4 nitrogen and oxygen atoms in total. The normalized spacial score (nSPS) is 10.8. The maximum absolute atomic E-state index is 6.01. The fourth-order valence-electron chi connectivity index (χ4n) is 1.93. The molecule has 3 aromatic rings. The van der Waals surface area contributed by atoms with Crippen molar-refractivity contribution in [1.29, 1.82) is 0 Å². The number of nitrogens with zero attached hydrogens (tertiary/aromatic N) is 1. The third-order valence-corrected chi connectivity index (χ3v) is 2.67. The molecule has 0 radical (unpaired) electrons. The van der Waals surface area contributed by atoms with Crippen LogP contribution in [0.15, 0.2) is 46.9 Å². The summed E-state index contributed by atoms with van der Waals surface area (Å²) in [7, 11) is 0. The summed E-state index contributed by atoms with van der Waals surface area (Å²) < 4.78 is 5.30. The SMILES string of the molecule is Nc1nc2c(-c3ccccc3)c(N)ccc2o1. The molecule has 0 saturated carbocycles. The van der Waals surface area contributed by atoms with Gasteiger partial charge in [0.2, 0.25) is 0 Å². The maximum atomic E-state index is 6.01. The first-order valence-corrected chi connectivity index (χ1v) is 5.25. The highest BCUT2D eigenvalue weighted by molar-refractivity contribution is 5.98. The Labute approximate surface area is 97.9 Å². The molecule has 0 aliphatic rings. The van der Waals surface area contributed by atoms with Gasteiger partial charge in [0.1, 0.15) is 5.52 Å². The van der Waals surface area contributed by atoms with Crippen LogP contribution in [0.1, 0.15) is 0 Å². The van der Waals surface area contributed by atoms with Gasteiger partial charge in [0.25, 0.3) is 6.01 Å². The van der Waals surface area contributed by atoms with E-state index in [4.69, 9.17) is 15.9 Å². The molecular weight excluding hydrogens is 214 g/mol. The lowest BCUT2D eigenvalue weighted by molar-refractivity contribution is 0.626. The van der Waals surface area contributed by atoms with Gasteiger partial charge in [-0.15, -0.1) is 0 Å². The van der Waals surface area contributed by atoms with Crippen LogP contribution in [0, 0.1) is 0 Å². The second kappa shape index (κ2) is 3.52. The number of oxazole rings is 1. The van der Waals surface area contributed by atoms with E-state index < -0.39 is 0 Å². The van der Waals surface area contributed by atoms with Gasteiger partial charge >= 0.3 is 0 Å². The van der Waals surface area contributed by atoms with E-state index in [1.165, 1.54) is 0 Å². The van der Waals surface area contributed by atoms with Crippen LogP contribution in [0.3, 0.4) is 0 Å². The van der Waals surface area contributed by atoms with E-state index in [2.05, 4.69) is 4.98 Å². The Balaban J connectivity index is 2.38. The van der Waals surface area contributed by atoms with Gasteiger partial charge in [0.05, 0.1) is 0 Å². The summed E-state index contributed by atoms with van der Waals surface area (Å²) in [5.74, 6) is 0. The number of aromatic nitrogens is 1. The molecule has 84 valence electrons. The molecule has 0 bridgehead atoms. The predicted octanol–water partition coefficient (Wildman–Crippen LogP) is 2.66. The Morgan fingerprint density at radius 2 is 1.71 bits per heavy atom. The van der Waals surface area contributed by atoms with Crippen molar-refractivity contribution < 1.29 is 4.42 Å². The molecule has 0 atom stereocenters. The van der Waals surface area contributed by atoms with Crippen molar-refractivity contribution >= 4 is 22.8 Å². The zero-order valence-electron chi connectivity index (χ0n) is 9.05. The third-order valence-electron chi connectivity index (χ3n) is 2.67. The topological polar surface area (TPSA) is 78.1 Å². The molecule has 0 unspecified atom stereocenters. The highest BCUT2D eigenvalue weighted by Crippen LogP contribution is 2.34. The van der Waals surface area contributed by atoms with E-state index in [9.17, 15) is 0 Å². The van der Waals surface area contributed by atoms with Crippen molar-refractivity contribution in [3.8, 4) is 11.1 Å². The zero-order chi connectivity index (χ0) is 11.8. The molecule has 0 spiro atoms. The quantitative estimate of drug-likeness (QED) is 0.624. The van der Waals surface area contributed by atoms with E-state index in [-0.39, 0.29) is 6.01 Å². The van der Waals surface area contributed by atoms with Crippen LogP contribution < -0.4 is 11.5 Å². The molecule has 2 aromatic carbocycles. The summed E-state index contributed by atoms with van der Waals surface area (Å²) in [5, 5.41) is 0. The molecule has 4 N–H and O–H groups in total. The summed E-state index contributed by atoms with van der Waals surface area (Å²) in [6.45, 7) is 0. The van der Waals surface area contributed by atoms with Crippen LogP contribution in [0.4, 0.5) is 11.7 Å². The number of hydrogen-bond donors (Lipinski definition) is 2. The second-order valence-corrected chi connectivity index (χ2v) is 3.79. The van der Waals surface area contributed by atoms with Crippen LogP contribution in [-0.2, 0) is 0 Å². The van der Waals surface area contributed by atoms with Crippen molar-refractivity contribution in [3.05, 3.63) is 42.5 Å². The number of fused-ring (bicyclic) bond motifs is 1. The van der Waals surface area contributed by atoms with E-state index in [1.54, 1.807) is 12.1 Å². The lowest BCUT2D eigenvalue weighted by atomic mass is 10.0. The van der Waals surface area contributed by atoms with Gasteiger partial charge in [-0.1, -0.05) is 30.3 Å². The summed E-state index contributed by atoms with van der Waals surface area (Å²) in [4.78, 5) is 4.18. The van der Waals surface area contributed by atoms with Gasteiger partial charge in [0.15, 0.2) is 5.58 Å². The van der Waals surface area contributed by atoms with Crippen LogP contribution in [0.25, 0.3) is 22.2 Å². The van der Waals surface area contributed by atoms with Gasteiger partial charge in [-0.2, -0.15) is 4.98 Å². The summed E-state index contributed by atoms with van der Waals surface area (Å²) in [5.41, 5.74) is 15.5. The molecule has 0 saturated heterocycles. The minimum Gasteiger partial charge on any atom is -0.424 e. The summed E-state index contributed by atoms with van der Waals surface area (Å²) >= 11 is 0. The smallest absolute Gasteiger partial charge is 0.293 e. The number of nitrogen functional groups attached to an aromatic ring is 2. The van der Waals surface area contributed by atoms with Crippen molar-refractivity contribution in [2.24, 2.45) is 0 Å². The standard InChI is InChI=1S/C13H11N3O/c14-9-6-7-10-12(16-13(15)17-10)11(9)8-4-2-1-3-5-8/h1-7H,14H2,(H2,15,16). The van der Waals surface area contributed by atoms with E-state index in [1.807, 2.05) is 30.3 Å². The molecule has 17 heavy (non-hydrogen) atoms. The minimum atomic E-state index is 0.155. The molecule has 0 amide bonds. The molecule has 0 aliphatic heterocycles. The molecule has 1 heterocycles. The van der Waals surface area contributed by atoms with Crippen LogP contribution in [0.5, 0.6) is 0 Å². The van der Waals surface area contributed by atoms with Crippen LogP contribution in [-0.4, -0.2) is 4.98 Å². The Hall–Kier alpha value is -2.49. The van der Waals surface area contributed by atoms with Crippen LogP contribution >= 0.6 is 0 Å². The number of anilines is 2. The number of nitrogens with two attached hydrogens (primary N) is 2. The first kappa shape index (κ1) is 9.72. The summed E-state index contributed by atoms with van der Waals surface area (Å²) in [6, 6.07) is 13.6. The highest BCUT2D eigenvalue weighted by Gasteiger charge is 2.12. The van der Waals surface area contributed by atoms with Gasteiger partial charge in [-0.05, 0) is 17.7 Å². The zero-order valence-corrected chi connectivity index (χ0v) is 9.05. The average Bonchev–Trinajstić information content (AvgIpc) is 2.70. The fourth-order valence-corrected chi connectivity index (χ4v) is 1.93. The Morgan fingerprint density at radius 1 is 0.941 bits per heavy atom. The van der Waals surface area contributed by atoms with E-state index in [0.29, 0.717) is 16.8 Å². The van der Waals surface area contributed by atoms with E-state index >= 15 is 0 Å². The minimum absolute atomic E-state index is 0.155. The first-order valence-electron chi connectivity index (χ1n) is 5.25. The molecule has 0 fully saturated rings. The predicted molar refractivity (Wildman–Crippen MR) is 68.3 cm³/mol. The number of hydrogen-bond acceptors (Lipinski definition) is 4. The van der Waals surface area contributed by atoms with Gasteiger partial charge < -0.3 is 15.9 Å². The molecule has 3 rings (SSSR count). The lowest BCUT2D eigenvalue weighted by Gasteiger charge is -2.05. The second-order valence-electron chi connectivity index (χ2n) is 3.79. The van der Waals surface area contributed by atoms with Gasteiger partial charge in [-0.25, -0.2) is 0 Å². The average molecular weight is 225 g/mol. The van der Waals surface area contributed by atoms with Crippen molar-refractivity contribution in [1.82, 2.24) is 4.98 Å². The Kier molecular flexibility index (Phi) is 2.01. The maximum Gasteiger partial charge on any atom is 0.293 e. The lowest BCUT2D eigenvalue weighted by Crippen LogP contribution is -1.91. The Bertz CT molecular complexity index is 674. The van der Waals surface area contributed by atoms with Crippen molar-refractivity contribution in [2.45, 2.75) is 0 Å². The molecular formula is C13H11N3O. The van der Waals surface area contributed by atoms with Crippen LogP contribution in [0.2, 0.25) is 0 Å². The van der Waals surface area contributed by atoms with Crippen molar-refractivity contribution in [3.63, 3.8) is 0 Å². The Morgan fingerprint density at radius 3 is 2.47 bits per heavy atom. The van der Waals surface area contributed by atoms with Gasteiger partial charge in [-0.3, -0.25) is 0 Å². The van der Waals surface area contributed by atoms with E-state index in [0.717, 1.165) is 11.1 Å². The largest absolute Gasteiger partial charge is 0.424 e. The third kappa shape index (κ3) is 1.50. The molecule has 1 aromatic heterocycles. The highest BCUT2D eigenvalue weighted by atomic mass is 16.4. The molecule has 4 heteroatoms. The van der Waals surface area contributed by atoms with Gasteiger partial charge in [0, 0.05) is 11.3 Å². The molecule has 0 aliphatic carbocycles. The summed E-state index contributed by atoms with van der Waals surface area (Å²) in [6.07, 6.45) is 0. The monoisotopic (exact) mass is 225 g/mol.